The van der Waals surface area contributed by atoms with E-state index in [1.165, 1.54) is 18.2 Å². The van der Waals surface area contributed by atoms with Crippen LogP contribution in [0.5, 0.6) is 0 Å². The Bertz CT molecular complexity index is 1150. The molecule has 6 nitrogen and oxygen atoms in total. The number of amides is 2. The van der Waals surface area contributed by atoms with Crippen molar-refractivity contribution in [2.24, 2.45) is 5.16 Å². The second-order valence-corrected chi connectivity index (χ2v) is 8.36. The fourth-order valence-corrected chi connectivity index (χ4v) is 3.95. The number of benzene rings is 2. The zero-order valence-corrected chi connectivity index (χ0v) is 19.5. The van der Waals surface area contributed by atoms with E-state index in [1.54, 1.807) is 13.8 Å². The van der Waals surface area contributed by atoms with Crippen LogP contribution >= 0.6 is 23.2 Å². The molecule has 0 radical (unpaired) electrons. The summed E-state index contributed by atoms with van der Waals surface area (Å²) in [6.07, 6.45) is -5.66. The highest BCUT2D eigenvalue weighted by Crippen LogP contribution is 2.50. The number of halogens is 6. The van der Waals surface area contributed by atoms with Crippen LogP contribution in [0.2, 0.25) is 10.0 Å². The van der Waals surface area contributed by atoms with Gasteiger partial charge in [0.15, 0.2) is 5.82 Å². The highest BCUT2D eigenvalue weighted by atomic mass is 35.5. The predicted molar refractivity (Wildman–Crippen MR) is 119 cm³/mol. The SMILES string of the molecule is CCNC(=O)CNC(=O)c1ccc(C2=NOC(c3cc(Cl)c(F)c(Cl)c3)(C(F)(F)F)C2)cc1C. The number of nitrogens with zero attached hydrogens (tertiary/aromatic N) is 1. The molecule has 1 aliphatic heterocycles. The average molecular weight is 520 g/mol. The Kier molecular flexibility index (Phi) is 7.42. The molecule has 12 heteroatoms. The van der Waals surface area contributed by atoms with Crippen molar-refractivity contribution < 1.29 is 32.0 Å². The van der Waals surface area contributed by atoms with Crippen LogP contribution in [0.1, 0.15) is 40.4 Å². The number of likely N-dealkylation sites (N-methyl/N-ethyl adjacent to an activating group) is 1. The number of rotatable bonds is 6. The van der Waals surface area contributed by atoms with Crippen molar-refractivity contribution >= 4 is 40.7 Å². The maximum absolute atomic E-state index is 14.1. The third kappa shape index (κ3) is 4.97. The number of aryl methyl sites for hydroxylation is 1. The zero-order chi connectivity index (χ0) is 25.3. The third-order valence-electron chi connectivity index (χ3n) is 5.22. The molecule has 1 atom stereocenters. The van der Waals surface area contributed by atoms with Gasteiger partial charge in [0.1, 0.15) is 0 Å². The first-order chi connectivity index (χ1) is 15.9. The highest BCUT2D eigenvalue weighted by molar-refractivity contribution is 6.35. The molecule has 0 aliphatic carbocycles. The lowest BCUT2D eigenvalue weighted by Crippen LogP contribution is -2.42. The molecule has 182 valence electrons. The van der Waals surface area contributed by atoms with E-state index in [2.05, 4.69) is 15.8 Å². The van der Waals surface area contributed by atoms with Gasteiger partial charge in [0.2, 0.25) is 5.91 Å². The van der Waals surface area contributed by atoms with E-state index in [9.17, 15) is 27.2 Å². The van der Waals surface area contributed by atoms with Crippen LogP contribution in [-0.4, -0.2) is 36.8 Å². The van der Waals surface area contributed by atoms with Gasteiger partial charge in [-0.3, -0.25) is 9.59 Å². The van der Waals surface area contributed by atoms with Gasteiger partial charge in [-0.15, -0.1) is 0 Å². The minimum atomic E-state index is -4.93. The Morgan fingerprint density at radius 3 is 2.35 bits per heavy atom. The topological polar surface area (TPSA) is 79.8 Å². The van der Waals surface area contributed by atoms with Crippen molar-refractivity contribution in [3.63, 3.8) is 0 Å². The first-order valence-corrected chi connectivity index (χ1v) is 10.8. The highest BCUT2D eigenvalue weighted by Gasteiger charge is 2.62. The first-order valence-electron chi connectivity index (χ1n) is 10.0. The summed E-state index contributed by atoms with van der Waals surface area (Å²) in [5, 5.41) is 7.50. The van der Waals surface area contributed by atoms with Crippen LogP contribution in [-0.2, 0) is 15.2 Å². The number of carbonyl (C=O) groups excluding carboxylic acids is 2. The lowest BCUT2D eigenvalue weighted by Gasteiger charge is -2.29. The van der Waals surface area contributed by atoms with Gasteiger partial charge < -0.3 is 15.5 Å². The molecule has 2 amide bonds. The Labute approximate surface area is 202 Å². The van der Waals surface area contributed by atoms with Crippen LogP contribution in [0.4, 0.5) is 17.6 Å². The Balaban J connectivity index is 1.86. The van der Waals surface area contributed by atoms with E-state index in [0.717, 1.165) is 12.1 Å². The molecular formula is C22H19Cl2F4N3O3. The number of nitrogens with one attached hydrogen (secondary N) is 2. The summed E-state index contributed by atoms with van der Waals surface area (Å²) in [5.74, 6) is -1.91. The van der Waals surface area contributed by atoms with Gasteiger partial charge in [0.25, 0.3) is 11.5 Å². The average Bonchev–Trinajstić information content (AvgIpc) is 3.22. The molecule has 1 aliphatic rings. The smallest absolute Gasteiger partial charge is 0.374 e. The van der Waals surface area contributed by atoms with Crippen molar-refractivity contribution in [2.75, 3.05) is 13.1 Å². The summed E-state index contributed by atoms with van der Waals surface area (Å²) < 4.78 is 56.2. The van der Waals surface area contributed by atoms with Gasteiger partial charge in [-0.2, -0.15) is 13.2 Å². The maximum Gasteiger partial charge on any atom is 0.435 e. The number of alkyl halides is 3. The summed E-state index contributed by atoms with van der Waals surface area (Å²) in [6.45, 7) is 3.54. The molecular weight excluding hydrogens is 501 g/mol. The zero-order valence-electron chi connectivity index (χ0n) is 17.9. The molecule has 0 saturated heterocycles. The molecule has 2 aromatic rings. The maximum atomic E-state index is 14.1. The standard InChI is InChI=1S/C22H19Cl2F4N3O3/c1-3-29-18(32)10-30-20(33)14-5-4-12(6-11(14)2)17-9-21(34-31-17,22(26,27)28)13-7-15(23)19(25)16(24)8-13/h4-8H,3,9-10H2,1-2H3,(H,29,32)(H,30,33). The fraction of sp³-hybridized carbons (Fsp3) is 0.318. The van der Waals surface area contributed by atoms with Crippen molar-refractivity contribution in [3.8, 4) is 0 Å². The number of hydrogen-bond acceptors (Lipinski definition) is 4. The largest absolute Gasteiger partial charge is 0.435 e. The minimum Gasteiger partial charge on any atom is -0.374 e. The summed E-state index contributed by atoms with van der Waals surface area (Å²) >= 11 is 11.4. The Morgan fingerprint density at radius 2 is 1.79 bits per heavy atom. The third-order valence-corrected chi connectivity index (χ3v) is 5.77. The molecule has 1 heterocycles. The molecule has 3 rings (SSSR count). The summed E-state index contributed by atoms with van der Waals surface area (Å²) in [5.41, 5.74) is -2.46. The molecule has 0 bridgehead atoms. The van der Waals surface area contributed by atoms with E-state index in [-0.39, 0.29) is 23.7 Å². The summed E-state index contributed by atoms with van der Waals surface area (Å²) in [6, 6.07) is 5.94. The van der Waals surface area contributed by atoms with Crippen LogP contribution in [0.3, 0.4) is 0 Å². The van der Waals surface area contributed by atoms with E-state index in [1.807, 2.05) is 0 Å². The van der Waals surface area contributed by atoms with Gasteiger partial charge in [-0.25, -0.2) is 4.39 Å². The quantitative estimate of drug-likeness (QED) is 0.421. The second-order valence-electron chi connectivity index (χ2n) is 7.55. The fourth-order valence-electron chi connectivity index (χ4n) is 3.46. The number of oxime groups is 1. The van der Waals surface area contributed by atoms with Crippen molar-refractivity contribution in [2.45, 2.75) is 32.0 Å². The van der Waals surface area contributed by atoms with E-state index >= 15 is 0 Å². The second kappa shape index (κ2) is 9.79. The van der Waals surface area contributed by atoms with Crippen LogP contribution in [0.15, 0.2) is 35.5 Å². The molecule has 1 unspecified atom stereocenters. The monoisotopic (exact) mass is 519 g/mol. The van der Waals surface area contributed by atoms with Gasteiger partial charge >= 0.3 is 6.18 Å². The van der Waals surface area contributed by atoms with Crippen molar-refractivity contribution in [3.05, 3.63) is 68.4 Å². The molecule has 2 aromatic carbocycles. The van der Waals surface area contributed by atoms with E-state index in [4.69, 9.17) is 28.0 Å². The van der Waals surface area contributed by atoms with Crippen molar-refractivity contribution in [1.29, 1.82) is 0 Å². The first kappa shape index (κ1) is 25.8. The minimum absolute atomic E-state index is 0.0359. The molecule has 0 saturated carbocycles. The lowest BCUT2D eigenvalue weighted by atomic mass is 9.86. The lowest BCUT2D eigenvalue weighted by molar-refractivity contribution is -0.275. The Morgan fingerprint density at radius 1 is 1.15 bits per heavy atom. The predicted octanol–water partition coefficient (Wildman–Crippen LogP) is 4.89. The van der Waals surface area contributed by atoms with Crippen LogP contribution < -0.4 is 10.6 Å². The van der Waals surface area contributed by atoms with E-state index < -0.39 is 45.5 Å². The molecule has 34 heavy (non-hydrogen) atoms. The molecule has 0 spiro atoms. The van der Waals surface area contributed by atoms with E-state index in [0.29, 0.717) is 17.7 Å². The van der Waals surface area contributed by atoms with Gasteiger partial charge in [-0.05, 0) is 49.2 Å². The van der Waals surface area contributed by atoms with Gasteiger partial charge in [-0.1, -0.05) is 34.4 Å². The normalized spacial score (nSPS) is 17.7. The van der Waals surface area contributed by atoms with Crippen molar-refractivity contribution in [1.82, 2.24) is 10.6 Å². The Hall–Kier alpha value is -2.85. The van der Waals surface area contributed by atoms with Gasteiger partial charge in [0, 0.05) is 24.1 Å². The summed E-state index contributed by atoms with van der Waals surface area (Å²) in [4.78, 5) is 28.8. The summed E-state index contributed by atoms with van der Waals surface area (Å²) in [7, 11) is 0. The number of carbonyl (C=O) groups is 2. The molecule has 2 N–H and O–H groups in total. The molecule has 0 aromatic heterocycles. The van der Waals surface area contributed by atoms with Crippen LogP contribution in [0.25, 0.3) is 0 Å². The number of hydrogen-bond donors (Lipinski definition) is 2. The molecule has 0 fully saturated rings. The van der Waals surface area contributed by atoms with Crippen LogP contribution in [0, 0.1) is 12.7 Å². The van der Waals surface area contributed by atoms with Gasteiger partial charge in [0.05, 0.1) is 22.3 Å².